The van der Waals surface area contributed by atoms with E-state index in [2.05, 4.69) is 5.32 Å². The summed E-state index contributed by atoms with van der Waals surface area (Å²) in [7, 11) is 0. The minimum absolute atomic E-state index is 0.226. The summed E-state index contributed by atoms with van der Waals surface area (Å²) in [5.74, 6) is -0.827. The predicted octanol–water partition coefficient (Wildman–Crippen LogP) is 2.90. The summed E-state index contributed by atoms with van der Waals surface area (Å²) in [5, 5.41) is 2.45. The monoisotopic (exact) mass is 277 g/mol. The fourth-order valence-electron chi connectivity index (χ4n) is 2.51. The molecule has 1 fully saturated rings. The van der Waals surface area contributed by atoms with Gasteiger partial charge in [-0.15, -0.1) is 0 Å². The first-order valence-electron chi connectivity index (χ1n) is 6.90. The second kappa shape index (κ2) is 5.75. The van der Waals surface area contributed by atoms with Crippen molar-refractivity contribution in [3.63, 3.8) is 0 Å². The first-order chi connectivity index (χ1) is 10.2. The number of nitrogens with one attached hydrogen (secondary N) is 1. The Morgan fingerprint density at radius 1 is 0.905 bits per heavy atom. The predicted molar refractivity (Wildman–Crippen MR) is 81.4 cm³/mol. The number of piperidine rings is 1. The lowest BCUT2D eigenvalue weighted by Gasteiger charge is -2.23. The Morgan fingerprint density at radius 2 is 1.52 bits per heavy atom. The van der Waals surface area contributed by atoms with Gasteiger partial charge in [0, 0.05) is 5.57 Å². The summed E-state index contributed by atoms with van der Waals surface area (Å²) in [5.41, 5.74) is 2.53. The maximum absolute atomic E-state index is 12.0. The van der Waals surface area contributed by atoms with Crippen LogP contribution in [0.15, 0.2) is 66.2 Å². The molecule has 0 aromatic heterocycles. The van der Waals surface area contributed by atoms with E-state index in [1.807, 2.05) is 66.7 Å². The fourth-order valence-corrected chi connectivity index (χ4v) is 2.51. The van der Waals surface area contributed by atoms with Crippen molar-refractivity contribution in [2.75, 3.05) is 0 Å². The molecule has 3 rings (SSSR count). The minimum Gasteiger partial charge on any atom is -0.292 e. The lowest BCUT2D eigenvalue weighted by atomic mass is 9.87. The number of hydrogen-bond donors (Lipinski definition) is 1. The van der Waals surface area contributed by atoms with Crippen LogP contribution in [0.4, 0.5) is 0 Å². The van der Waals surface area contributed by atoms with Gasteiger partial charge in [0.05, 0.1) is 5.92 Å². The van der Waals surface area contributed by atoms with Crippen LogP contribution in [0.3, 0.4) is 0 Å². The zero-order chi connectivity index (χ0) is 14.7. The van der Waals surface area contributed by atoms with Crippen LogP contribution in [0, 0.1) is 0 Å². The van der Waals surface area contributed by atoms with Crippen molar-refractivity contribution in [2.45, 2.75) is 12.3 Å². The van der Waals surface area contributed by atoms with E-state index in [1.165, 1.54) is 0 Å². The first kappa shape index (κ1) is 13.3. The van der Waals surface area contributed by atoms with Crippen molar-refractivity contribution in [1.29, 1.82) is 0 Å². The molecule has 0 saturated carbocycles. The Morgan fingerprint density at radius 3 is 2.19 bits per heavy atom. The summed E-state index contributed by atoms with van der Waals surface area (Å²) in [4.78, 5) is 24.0. The molecule has 0 bridgehead atoms. The first-order valence-corrected chi connectivity index (χ1v) is 6.90. The number of rotatable bonds is 2. The number of carbonyl (C=O) groups excluding carboxylic acids is 2. The van der Waals surface area contributed by atoms with Gasteiger partial charge in [-0.05, 0) is 23.6 Å². The Bertz CT molecular complexity index is 690. The zero-order valence-electron chi connectivity index (χ0n) is 11.5. The average molecular weight is 277 g/mol. The van der Waals surface area contributed by atoms with Gasteiger partial charge in [0.1, 0.15) is 0 Å². The number of imide groups is 1. The van der Waals surface area contributed by atoms with Gasteiger partial charge >= 0.3 is 0 Å². The Hall–Kier alpha value is -2.68. The van der Waals surface area contributed by atoms with Gasteiger partial charge < -0.3 is 0 Å². The quantitative estimate of drug-likeness (QED) is 0.677. The smallest absolute Gasteiger partial charge is 0.253 e. The third-order valence-electron chi connectivity index (χ3n) is 3.61. The van der Waals surface area contributed by atoms with Crippen LogP contribution in [0.25, 0.3) is 6.08 Å². The molecular weight excluding hydrogens is 262 g/mol. The van der Waals surface area contributed by atoms with Gasteiger partial charge in [-0.3, -0.25) is 14.9 Å². The summed E-state index contributed by atoms with van der Waals surface area (Å²) >= 11 is 0. The summed E-state index contributed by atoms with van der Waals surface area (Å²) in [6, 6.07) is 19.2. The minimum atomic E-state index is -0.307. The molecule has 3 heteroatoms. The maximum atomic E-state index is 12.0. The fraction of sp³-hybridized carbons (Fsp3) is 0.111. The summed E-state index contributed by atoms with van der Waals surface area (Å²) in [6.45, 7) is 0. The van der Waals surface area contributed by atoms with Crippen molar-refractivity contribution in [2.24, 2.45) is 0 Å². The van der Waals surface area contributed by atoms with Crippen LogP contribution >= 0.6 is 0 Å². The molecule has 104 valence electrons. The second-order valence-corrected chi connectivity index (χ2v) is 5.07. The lowest BCUT2D eigenvalue weighted by molar-refractivity contribution is -0.131. The molecule has 0 aliphatic carbocycles. The van der Waals surface area contributed by atoms with Gasteiger partial charge in [0.2, 0.25) is 5.91 Å². The Kier molecular flexibility index (Phi) is 3.65. The zero-order valence-corrected chi connectivity index (χ0v) is 11.5. The van der Waals surface area contributed by atoms with Crippen LogP contribution in [0.5, 0.6) is 0 Å². The molecule has 2 amide bonds. The largest absolute Gasteiger partial charge is 0.292 e. The van der Waals surface area contributed by atoms with E-state index in [0.717, 1.165) is 11.1 Å². The van der Waals surface area contributed by atoms with Gasteiger partial charge in [0.15, 0.2) is 0 Å². The van der Waals surface area contributed by atoms with Gasteiger partial charge in [-0.2, -0.15) is 0 Å². The molecule has 1 aliphatic heterocycles. The molecule has 1 saturated heterocycles. The van der Waals surface area contributed by atoms with Crippen molar-refractivity contribution in [3.8, 4) is 0 Å². The van der Waals surface area contributed by atoms with Crippen LogP contribution < -0.4 is 5.32 Å². The second-order valence-electron chi connectivity index (χ2n) is 5.07. The molecule has 0 radical (unpaired) electrons. The molecule has 2 aromatic rings. The molecule has 1 heterocycles. The molecule has 0 spiro atoms. The number of carbonyl (C=O) groups is 2. The highest BCUT2D eigenvalue weighted by atomic mass is 16.2. The van der Waals surface area contributed by atoms with Gasteiger partial charge in [-0.1, -0.05) is 60.7 Å². The Labute approximate surface area is 123 Å². The van der Waals surface area contributed by atoms with Crippen molar-refractivity contribution < 1.29 is 9.59 Å². The third-order valence-corrected chi connectivity index (χ3v) is 3.61. The van der Waals surface area contributed by atoms with E-state index in [-0.39, 0.29) is 17.7 Å². The van der Waals surface area contributed by atoms with Crippen LogP contribution in [-0.2, 0) is 9.59 Å². The molecule has 1 N–H and O–H groups in total. The van der Waals surface area contributed by atoms with E-state index < -0.39 is 0 Å². The standard InChI is InChI=1S/C18H15NO2/c20-17-15(11-13-7-3-1-4-8-13)12-16(18(21)19-17)14-9-5-2-6-10-14/h1-11,16H,12H2,(H,19,20,21)/b15-11+. The third kappa shape index (κ3) is 2.92. The van der Waals surface area contributed by atoms with Gasteiger partial charge in [0.25, 0.3) is 5.91 Å². The van der Waals surface area contributed by atoms with E-state index in [1.54, 1.807) is 0 Å². The van der Waals surface area contributed by atoms with E-state index in [0.29, 0.717) is 12.0 Å². The highest BCUT2D eigenvalue weighted by Gasteiger charge is 2.31. The highest BCUT2D eigenvalue weighted by Crippen LogP contribution is 2.28. The normalized spacial score (nSPS) is 20.4. The molecule has 2 aromatic carbocycles. The van der Waals surface area contributed by atoms with Gasteiger partial charge in [-0.25, -0.2) is 0 Å². The number of amides is 2. The van der Waals surface area contributed by atoms with Crippen molar-refractivity contribution >= 4 is 17.9 Å². The van der Waals surface area contributed by atoms with E-state index in [9.17, 15) is 9.59 Å². The van der Waals surface area contributed by atoms with E-state index in [4.69, 9.17) is 0 Å². The molecular formula is C18H15NO2. The van der Waals surface area contributed by atoms with Crippen molar-refractivity contribution in [1.82, 2.24) is 5.32 Å². The van der Waals surface area contributed by atoms with Crippen LogP contribution in [0.1, 0.15) is 23.5 Å². The average Bonchev–Trinajstić information content (AvgIpc) is 2.52. The topological polar surface area (TPSA) is 46.2 Å². The molecule has 3 nitrogen and oxygen atoms in total. The maximum Gasteiger partial charge on any atom is 0.253 e. The van der Waals surface area contributed by atoms with Crippen LogP contribution in [0.2, 0.25) is 0 Å². The molecule has 1 aliphatic rings. The van der Waals surface area contributed by atoms with Crippen molar-refractivity contribution in [3.05, 3.63) is 77.4 Å². The summed E-state index contributed by atoms with van der Waals surface area (Å²) in [6.07, 6.45) is 2.28. The SMILES string of the molecule is O=C1NC(=O)C(c2ccccc2)C/C1=C\c1ccccc1. The molecule has 1 atom stereocenters. The van der Waals surface area contributed by atoms with Crippen LogP contribution in [-0.4, -0.2) is 11.8 Å². The number of hydrogen-bond acceptors (Lipinski definition) is 2. The summed E-state index contributed by atoms with van der Waals surface area (Å²) < 4.78 is 0. The van der Waals surface area contributed by atoms with E-state index >= 15 is 0 Å². The molecule has 1 unspecified atom stereocenters. The number of benzene rings is 2. The highest BCUT2D eigenvalue weighted by molar-refractivity contribution is 6.11. The lowest BCUT2D eigenvalue weighted by Crippen LogP contribution is -2.41. The Balaban J connectivity index is 1.91. The molecule has 21 heavy (non-hydrogen) atoms.